The van der Waals surface area contributed by atoms with E-state index in [0.29, 0.717) is 17.9 Å². The van der Waals surface area contributed by atoms with Gasteiger partial charge in [0.1, 0.15) is 6.54 Å². The Bertz CT molecular complexity index is 1380. The molecule has 0 bridgehead atoms. The third kappa shape index (κ3) is 10.4. The highest BCUT2D eigenvalue weighted by Gasteiger charge is 2.45. The van der Waals surface area contributed by atoms with Crippen LogP contribution in [0.15, 0.2) is 91.8 Å². The smallest absolute Gasteiger partial charge is 0.103 e. The van der Waals surface area contributed by atoms with Gasteiger partial charge in [-0.15, -0.1) is 0 Å². The molecule has 0 radical (unpaired) electrons. The van der Waals surface area contributed by atoms with Gasteiger partial charge in [-0.3, -0.25) is 0 Å². The van der Waals surface area contributed by atoms with Crippen molar-refractivity contribution < 1.29 is 0 Å². The zero-order valence-electron chi connectivity index (χ0n) is 27.6. The van der Waals surface area contributed by atoms with E-state index in [2.05, 4.69) is 130 Å². The van der Waals surface area contributed by atoms with Crippen LogP contribution in [0.1, 0.15) is 95.9 Å². The van der Waals surface area contributed by atoms with Gasteiger partial charge in [0.2, 0.25) is 0 Å². The summed E-state index contributed by atoms with van der Waals surface area (Å²) in [6.07, 6.45) is 7.28. The van der Waals surface area contributed by atoms with Crippen molar-refractivity contribution in [3.63, 3.8) is 0 Å². The van der Waals surface area contributed by atoms with Crippen LogP contribution in [0.3, 0.4) is 0 Å². The van der Waals surface area contributed by atoms with Crippen LogP contribution in [0, 0.1) is 17.2 Å². The lowest BCUT2D eigenvalue weighted by molar-refractivity contribution is 0.550. The molecule has 3 aromatic rings. The van der Waals surface area contributed by atoms with E-state index < -0.39 is 0 Å². The first-order chi connectivity index (χ1) is 20.7. The maximum atomic E-state index is 8.77. The van der Waals surface area contributed by atoms with Crippen LogP contribution in [0.4, 0.5) is 0 Å². The van der Waals surface area contributed by atoms with Crippen LogP contribution in [0.5, 0.6) is 0 Å². The second-order valence-electron chi connectivity index (χ2n) is 11.4. The molecule has 4 heteroatoms. The Morgan fingerprint density at radius 1 is 0.930 bits per heavy atom. The fraction of sp³-hybridized carbons (Fsp3) is 0.410. The summed E-state index contributed by atoms with van der Waals surface area (Å²) in [6.45, 7) is 26.2. The third-order valence-electron chi connectivity index (χ3n) is 7.73. The first-order valence-electron chi connectivity index (χ1n) is 16.0. The molecule has 0 heterocycles. The van der Waals surface area contributed by atoms with Crippen LogP contribution >= 0.6 is 0 Å². The molecule has 1 aliphatic rings. The van der Waals surface area contributed by atoms with E-state index >= 15 is 0 Å². The lowest BCUT2D eigenvalue weighted by Gasteiger charge is -2.25. The predicted octanol–water partition coefficient (Wildman–Crippen LogP) is 9.74. The zero-order valence-corrected chi connectivity index (χ0v) is 27.6. The summed E-state index contributed by atoms with van der Waals surface area (Å²) in [5, 5.41) is 21.4. The van der Waals surface area contributed by atoms with Crippen molar-refractivity contribution in [3.05, 3.63) is 114 Å². The summed E-state index contributed by atoms with van der Waals surface area (Å²) in [4.78, 5) is 0. The minimum atomic E-state index is -0.0794. The largest absolute Gasteiger partial charge is 0.380 e. The molecule has 0 aromatic heterocycles. The monoisotopic (exact) mass is 578 g/mol. The number of nitriles is 1. The number of benzene rings is 3. The Morgan fingerprint density at radius 2 is 1.60 bits per heavy atom. The molecule has 3 aromatic carbocycles. The highest BCUT2D eigenvalue weighted by atomic mass is 15.0. The van der Waals surface area contributed by atoms with Crippen molar-refractivity contribution in [2.24, 2.45) is 5.92 Å². The van der Waals surface area contributed by atoms with Crippen molar-refractivity contribution in [2.45, 2.75) is 92.2 Å². The average molecular weight is 579 g/mol. The second kappa shape index (κ2) is 17.9. The van der Waals surface area contributed by atoms with Gasteiger partial charge in [0.25, 0.3) is 0 Å². The second-order valence-corrected chi connectivity index (χ2v) is 11.4. The number of unbranched alkanes of at least 4 members (excludes halogenated alkanes) is 1. The number of nitrogens with zero attached hydrogens (tertiary/aromatic N) is 1. The molecule has 4 nitrogen and oxygen atoms in total. The van der Waals surface area contributed by atoms with Gasteiger partial charge in [-0.2, -0.15) is 5.26 Å². The van der Waals surface area contributed by atoms with Crippen molar-refractivity contribution in [2.75, 3.05) is 6.54 Å². The fourth-order valence-electron chi connectivity index (χ4n) is 5.04. The van der Waals surface area contributed by atoms with Crippen LogP contribution in [-0.4, -0.2) is 6.54 Å². The van der Waals surface area contributed by atoms with Gasteiger partial charge < -0.3 is 16.0 Å². The van der Waals surface area contributed by atoms with Gasteiger partial charge in [-0.05, 0) is 58.7 Å². The molecule has 1 aliphatic carbocycles. The van der Waals surface area contributed by atoms with Crippen molar-refractivity contribution in [3.8, 4) is 6.07 Å². The molecule has 43 heavy (non-hydrogen) atoms. The first kappa shape index (κ1) is 35.2. The van der Waals surface area contributed by atoms with E-state index in [4.69, 9.17) is 5.26 Å². The van der Waals surface area contributed by atoms with E-state index in [1.165, 1.54) is 41.2 Å². The van der Waals surface area contributed by atoms with Crippen LogP contribution in [-0.2, 0) is 18.5 Å². The third-order valence-corrected chi connectivity index (χ3v) is 7.73. The van der Waals surface area contributed by atoms with E-state index in [9.17, 15) is 0 Å². The molecule has 230 valence electrons. The van der Waals surface area contributed by atoms with Crippen LogP contribution < -0.4 is 16.0 Å². The number of nitrogens with one attached hydrogen (secondary N) is 3. The molecule has 4 rings (SSSR count). The maximum absolute atomic E-state index is 8.77. The standard InChI is InChI=1S/C30H32N4.C7H16.C2H6/c1-5-24-13-14-26(20-33-22(3)21(2)32-18-17-31)28(19-24)23(4)34-30(15-16-30)29-12-8-10-25-9-6-7-11-27(25)29;1-4-5-6-7(2)3;1-2/h6-14,19,32-34H,2-5,15-16,18,20H2,1H3;7H,4-6H2,1-3H3;1-2H3. The van der Waals surface area contributed by atoms with Crippen molar-refractivity contribution in [1.29, 1.82) is 5.26 Å². The molecular weight excluding hydrogens is 524 g/mol. The number of aryl methyl sites for hydroxylation is 1. The van der Waals surface area contributed by atoms with Crippen molar-refractivity contribution in [1.82, 2.24) is 16.0 Å². The highest BCUT2D eigenvalue weighted by Crippen LogP contribution is 2.49. The Balaban J connectivity index is 0.000000631. The normalized spacial score (nSPS) is 12.5. The SMILES string of the molecule is C=C(NCC#N)C(=C)NCc1ccc(CC)cc1C(=C)NC1(c2cccc3ccccc23)CC1.CC.CCCCC(C)C. The molecule has 0 spiro atoms. The van der Waals surface area contributed by atoms with Crippen molar-refractivity contribution >= 4 is 16.5 Å². The molecule has 0 amide bonds. The summed E-state index contributed by atoms with van der Waals surface area (Å²) in [5.74, 6) is 0.903. The Hall–Kier alpha value is -3.97. The molecule has 1 fully saturated rings. The minimum Gasteiger partial charge on any atom is -0.380 e. The van der Waals surface area contributed by atoms with E-state index in [1.54, 1.807) is 0 Å². The van der Waals surface area contributed by atoms with Crippen LogP contribution in [0.25, 0.3) is 16.5 Å². The van der Waals surface area contributed by atoms with E-state index in [1.807, 2.05) is 13.8 Å². The van der Waals surface area contributed by atoms with Gasteiger partial charge >= 0.3 is 0 Å². The summed E-state index contributed by atoms with van der Waals surface area (Å²) >= 11 is 0. The Labute approximate surface area is 262 Å². The van der Waals surface area contributed by atoms with E-state index in [-0.39, 0.29) is 12.1 Å². The number of hydrogen-bond acceptors (Lipinski definition) is 4. The summed E-state index contributed by atoms with van der Waals surface area (Å²) in [7, 11) is 0. The van der Waals surface area contributed by atoms with Gasteiger partial charge in [-0.25, -0.2) is 0 Å². The van der Waals surface area contributed by atoms with Gasteiger partial charge in [0.05, 0.1) is 17.3 Å². The Kier molecular flexibility index (Phi) is 14.6. The fourth-order valence-corrected chi connectivity index (χ4v) is 5.04. The number of hydrogen-bond donors (Lipinski definition) is 3. The number of fused-ring (bicyclic) bond motifs is 1. The summed E-state index contributed by atoms with van der Waals surface area (Å²) in [6, 6.07) is 23.7. The van der Waals surface area contributed by atoms with Gasteiger partial charge in [-0.1, -0.05) is 135 Å². The van der Waals surface area contributed by atoms with E-state index in [0.717, 1.165) is 42.0 Å². The van der Waals surface area contributed by atoms with Crippen LogP contribution in [0.2, 0.25) is 0 Å². The first-order valence-corrected chi connectivity index (χ1v) is 16.0. The lowest BCUT2D eigenvalue weighted by Crippen LogP contribution is -2.28. The average Bonchev–Trinajstić information content (AvgIpc) is 3.82. The quantitative estimate of drug-likeness (QED) is 0.132. The molecule has 1 saturated carbocycles. The molecular formula is C39H54N4. The van der Waals surface area contributed by atoms with Gasteiger partial charge in [0.15, 0.2) is 0 Å². The molecule has 0 aliphatic heterocycles. The number of rotatable bonds is 14. The Morgan fingerprint density at radius 3 is 2.21 bits per heavy atom. The summed E-state index contributed by atoms with van der Waals surface area (Å²) < 4.78 is 0. The lowest BCUT2D eigenvalue weighted by atomic mass is 9.95. The molecule has 3 N–H and O–H groups in total. The maximum Gasteiger partial charge on any atom is 0.103 e. The molecule has 0 saturated heterocycles. The summed E-state index contributed by atoms with van der Waals surface area (Å²) in [5.41, 5.74) is 7.02. The predicted molar refractivity (Wildman–Crippen MR) is 187 cm³/mol. The topological polar surface area (TPSA) is 59.9 Å². The highest BCUT2D eigenvalue weighted by molar-refractivity contribution is 5.87. The molecule has 0 unspecified atom stereocenters. The van der Waals surface area contributed by atoms with Gasteiger partial charge in [0, 0.05) is 23.5 Å². The minimum absolute atomic E-state index is 0.0794. The zero-order chi connectivity index (χ0) is 31.8. The molecule has 0 atom stereocenters.